The molecule has 0 heterocycles. The zero-order valence-electron chi connectivity index (χ0n) is 23.8. The summed E-state index contributed by atoms with van der Waals surface area (Å²) in [5.74, 6) is -4.66. The highest BCUT2D eigenvalue weighted by Gasteiger charge is 2.46. The first-order chi connectivity index (χ1) is 19.7. The molecule has 3 N–H and O–H groups in total. The third-order valence-corrected chi connectivity index (χ3v) is 7.81. The second-order valence-corrected chi connectivity index (χ2v) is 11.2. The van der Waals surface area contributed by atoms with Gasteiger partial charge >= 0.3 is 6.18 Å². The molecule has 1 aliphatic rings. The van der Waals surface area contributed by atoms with Gasteiger partial charge in [0.2, 0.25) is 17.7 Å². The molecule has 0 aromatic heterocycles. The van der Waals surface area contributed by atoms with E-state index in [2.05, 4.69) is 16.0 Å². The maximum absolute atomic E-state index is 13.6. The number of Topliss-reactive ketones (excluding diaryl/α,β-unsaturated/α-hetero) is 1. The first-order valence-corrected chi connectivity index (χ1v) is 14.0. The molecule has 3 rings (SSSR count). The van der Waals surface area contributed by atoms with Gasteiger partial charge in [-0.1, -0.05) is 62.6 Å². The summed E-state index contributed by atoms with van der Waals surface area (Å²) in [4.78, 5) is 52.2. The third kappa shape index (κ3) is 7.61. The maximum Gasteiger partial charge on any atom is 0.452 e. The first kappa shape index (κ1) is 32.9. The molecule has 0 aliphatic heterocycles. The van der Waals surface area contributed by atoms with Crippen LogP contribution < -0.4 is 20.7 Å². The number of ketones is 1. The van der Waals surface area contributed by atoms with Gasteiger partial charge in [-0.2, -0.15) is 13.2 Å². The van der Waals surface area contributed by atoms with E-state index < -0.39 is 53.2 Å². The first-order valence-electron chi connectivity index (χ1n) is 13.6. The monoisotopic (exact) mass is 609 g/mol. The predicted molar refractivity (Wildman–Crippen MR) is 151 cm³/mol. The molecule has 3 amide bonds. The van der Waals surface area contributed by atoms with Crippen LogP contribution in [0.15, 0.2) is 48.5 Å². The summed E-state index contributed by atoms with van der Waals surface area (Å²) in [6.07, 6.45) is -2.36. The highest BCUT2D eigenvalue weighted by Crippen LogP contribution is 2.41. The van der Waals surface area contributed by atoms with Crippen molar-refractivity contribution in [2.75, 3.05) is 7.11 Å². The van der Waals surface area contributed by atoms with Gasteiger partial charge in [0.1, 0.15) is 17.8 Å². The predicted octanol–water partition coefficient (Wildman–Crippen LogP) is 4.79. The number of hydrogen-bond acceptors (Lipinski definition) is 5. The van der Waals surface area contributed by atoms with Gasteiger partial charge in [-0.3, -0.25) is 19.2 Å². The quantitative estimate of drug-likeness (QED) is 0.339. The van der Waals surface area contributed by atoms with Crippen molar-refractivity contribution in [3.8, 4) is 5.75 Å². The number of amides is 3. The SMILES string of the molecule is COc1ccc([C@H](NC(=O)[C@H](C)NC(=O)C2(c3ccc(Cl)cc3)CCCC2)C(=O)N[C@H](C(=O)C(F)(F)F)C(C)C)cc1. The van der Waals surface area contributed by atoms with Crippen molar-refractivity contribution in [1.29, 1.82) is 0 Å². The van der Waals surface area contributed by atoms with Gasteiger partial charge in [-0.25, -0.2) is 0 Å². The fraction of sp³-hybridized carbons (Fsp3) is 0.467. The Balaban J connectivity index is 1.83. The standard InChI is InChI=1S/C30H35ClF3N3O5/c1-17(2)23(25(38)30(32,33)34)36-27(40)24(19-7-13-22(42-4)14-8-19)37-26(39)18(3)35-28(41)29(15-5-6-16-29)20-9-11-21(31)12-10-20/h7-14,17-18,23-24H,5-6,15-16H2,1-4H3,(H,35,41)(H,36,40)(H,37,39)/t18-,23-,24-/m0/s1. The molecule has 0 unspecified atom stereocenters. The fourth-order valence-corrected chi connectivity index (χ4v) is 5.23. The molecule has 42 heavy (non-hydrogen) atoms. The Hall–Kier alpha value is -3.60. The summed E-state index contributed by atoms with van der Waals surface area (Å²) in [7, 11) is 1.43. The molecule has 3 atom stereocenters. The average molecular weight is 610 g/mol. The maximum atomic E-state index is 13.6. The van der Waals surface area contributed by atoms with Crippen LogP contribution in [0.5, 0.6) is 5.75 Å². The van der Waals surface area contributed by atoms with Crippen molar-refractivity contribution in [2.45, 2.75) is 76.2 Å². The van der Waals surface area contributed by atoms with Crippen molar-refractivity contribution in [2.24, 2.45) is 5.92 Å². The molecule has 2 aromatic rings. The van der Waals surface area contributed by atoms with E-state index in [0.29, 0.717) is 23.6 Å². The van der Waals surface area contributed by atoms with Crippen LogP contribution in [0.4, 0.5) is 13.2 Å². The lowest BCUT2D eigenvalue weighted by atomic mass is 9.78. The second kappa shape index (κ2) is 13.6. The van der Waals surface area contributed by atoms with Gasteiger partial charge in [0.05, 0.1) is 18.6 Å². The zero-order valence-corrected chi connectivity index (χ0v) is 24.6. The van der Waals surface area contributed by atoms with Gasteiger partial charge < -0.3 is 20.7 Å². The van der Waals surface area contributed by atoms with E-state index >= 15 is 0 Å². The number of halogens is 4. The van der Waals surface area contributed by atoms with Gasteiger partial charge in [0, 0.05) is 5.02 Å². The molecule has 0 spiro atoms. The Kier molecular flexibility index (Phi) is 10.6. The van der Waals surface area contributed by atoms with Gasteiger partial charge in [0.15, 0.2) is 0 Å². The number of rotatable bonds is 11. The third-order valence-electron chi connectivity index (χ3n) is 7.55. The second-order valence-electron chi connectivity index (χ2n) is 10.8. The molecule has 12 heteroatoms. The van der Waals surface area contributed by atoms with Crippen LogP contribution in [0, 0.1) is 5.92 Å². The molecule has 228 valence electrons. The van der Waals surface area contributed by atoms with E-state index in [4.69, 9.17) is 16.3 Å². The molecule has 1 saturated carbocycles. The van der Waals surface area contributed by atoms with Gasteiger partial charge in [-0.15, -0.1) is 0 Å². The summed E-state index contributed by atoms with van der Waals surface area (Å²) in [5, 5.41) is 7.97. The summed E-state index contributed by atoms with van der Waals surface area (Å²) in [6, 6.07) is 8.51. The number of ether oxygens (including phenoxy) is 1. The number of carbonyl (C=O) groups excluding carboxylic acids is 4. The summed E-state index contributed by atoms with van der Waals surface area (Å²) in [6.45, 7) is 4.18. The van der Waals surface area contributed by atoms with Gasteiger partial charge in [-0.05, 0) is 61.1 Å². The van der Waals surface area contributed by atoms with E-state index in [-0.39, 0.29) is 11.5 Å². The number of hydrogen-bond donors (Lipinski definition) is 3. The van der Waals surface area contributed by atoms with Crippen molar-refractivity contribution < 1.29 is 37.1 Å². The minimum atomic E-state index is -5.17. The van der Waals surface area contributed by atoms with Crippen molar-refractivity contribution in [3.05, 3.63) is 64.7 Å². The topological polar surface area (TPSA) is 114 Å². The minimum Gasteiger partial charge on any atom is -0.497 e. The van der Waals surface area contributed by atoms with Crippen molar-refractivity contribution in [1.82, 2.24) is 16.0 Å². The zero-order chi connectivity index (χ0) is 31.2. The number of carbonyl (C=O) groups is 4. The highest BCUT2D eigenvalue weighted by molar-refractivity contribution is 6.30. The van der Waals surface area contributed by atoms with Crippen molar-refractivity contribution in [3.63, 3.8) is 0 Å². The van der Waals surface area contributed by atoms with E-state index in [0.717, 1.165) is 18.4 Å². The summed E-state index contributed by atoms with van der Waals surface area (Å²) < 4.78 is 44.8. The lowest BCUT2D eigenvalue weighted by molar-refractivity contribution is -0.175. The number of nitrogens with one attached hydrogen (secondary N) is 3. The van der Waals surface area contributed by atoms with Crippen molar-refractivity contribution >= 4 is 35.1 Å². The Morgan fingerprint density at radius 1 is 0.857 bits per heavy atom. The smallest absolute Gasteiger partial charge is 0.452 e. The lowest BCUT2D eigenvalue weighted by Crippen LogP contribution is -2.55. The molecule has 0 saturated heterocycles. The minimum absolute atomic E-state index is 0.232. The number of benzene rings is 2. The Labute approximate surface area is 247 Å². The van der Waals surface area contributed by atoms with Crippen LogP contribution in [-0.2, 0) is 24.6 Å². The van der Waals surface area contributed by atoms with Crippen LogP contribution >= 0.6 is 11.6 Å². The molecule has 2 aromatic carbocycles. The average Bonchev–Trinajstić information content (AvgIpc) is 3.45. The van der Waals surface area contributed by atoms with E-state index in [1.165, 1.54) is 52.1 Å². The molecule has 0 radical (unpaired) electrons. The Morgan fingerprint density at radius 3 is 1.93 bits per heavy atom. The van der Waals surface area contributed by atoms with Crippen LogP contribution in [0.3, 0.4) is 0 Å². The van der Waals surface area contributed by atoms with Crippen LogP contribution in [0.25, 0.3) is 0 Å². The molecule has 8 nitrogen and oxygen atoms in total. The molecular formula is C30H35ClF3N3O5. The lowest BCUT2D eigenvalue weighted by Gasteiger charge is -2.30. The van der Waals surface area contributed by atoms with E-state index in [1.807, 2.05) is 0 Å². The van der Waals surface area contributed by atoms with E-state index in [1.54, 1.807) is 24.3 Å². The van der Waals surface area contributed by atoms with E-state index in [9.17, 15) is 32.3 Å². The molecule has 0 bridgehead atoms. The summed E-state index contributed by atoms with van der Waals surface area (Å²) in [5.41, 5.74) is 0.156. The molecule has 1 fully saturated rings. The van der Waals surface area contributed by atoms with Gasteiger partial charge in [0.25, 0.3) is 5.78 Å². The number of methoxy groups -OCH3 is 1. The molecule has 1 aliphatic carbocycles. The fourth-order valence-electron chi connectivity index (χ4n) is 5.11. The highest BCUT2D eigenvalue weighted by atomic mass is 35.5. The summed E-state index contributed by atoms with van der Waals surface area (Å²) >= 11 is 6.03. The van der Waals surface area contributed by atoms with Crippen LogP contribution in [0.1, 0.15) is 63.6 Å². The number of alkyl halides is 3. The largest absolute Gasteiger partial charge is 0.497 e. The Morgan fingerprint density at radius 2 is 1.43 bits per heavy atom. The Bertz CT molecular complexity index is 1280. The van der Waals surface area contributed by atoms with Crippen LogP contribution in [0.2, 0.25) is 5.02 Å². The normalized spacial score (nSPS) is 16.7. The molecular weight excluding hydrogens is 575 g/mol. The van der Waals surface area contributed by atoms with Crippen LogP contribution in [-0.4, -0.2) is 48.9 Å².